The van der Waals surface area contributed by atoms with Crippen molar-refractivity contribution in [2.24, 2.45) is 0 Å². The summed E-state index contributed by atoms with van der Waals surface area (Å²) in [6.07, 6.45) is 0. The second-order valence-electron chi connectivity index (χ2n) is 13.6. The molecule has 3 aromatic heterocycles. The first-order chi connectivity index (χ1) is 25.3. The van der Waals surface area contributed by atoms with Crippen molar-refractivity contribution in [3.8, 4) is 39.5 Å². The number of rotatable bonds is 2. The molecule has 0 bridgehead atoms. The van der Waals surface area contributed by atoms with Crippen molar-refractivity contribution in [1.29, 1.82) is 0 Å². The minimum absolute atomic E-state index is 0.383. The van der Waals surface area contributed by atoms with Gasteiger partial charge in [0.25, 0.3) is 0 Å². The second kappa shape index (κ2) is 9.87. The van der Waals surface area contributed by atoms with E-state index in [9.17, 15) is 0 Å². The highest BCUT2D eigenvalue weighted by atomic mass is 32.1. The van der Waals surface area contributed by atoms with Crippen molar-refractivity contribution < 1.29 is 0 Å². The number of para-hydroxylation sites is 2. The molecule has 51 heavy (non-hydrogen) atoms. The molecule has 3 heterocycles. The van der Waals surface area contributed by atoms with Gasteiger partial charge in [0.1, 0.15) is 0 Å². The number of aromatic nitrogens is 3. The van der Waals surface area contributed by atoms with Crippen LogP contribution in [0, 0.1) is 0 Å². The fourth-order valence-electron chi connectivity index (χ4n) is 9.24. The van der Waals surface area contributed by atoms with Crippen molar-refractivity contribution in [2.75, 3.05) is 0 Å². The molecule has 12 rings (SSSR count). The van der Waals surface area contributed by atoms with Crippen LogP contribution in [-0.2, 0) is 5.41 Å². The molecule has 0 aliphatic heterocycles. The lowest BCUT2D eigenvalue weighted by Crippen LogP contribution is -2.24. The molecular formula is C47H27N3S. The highest BCUT2D eigenvalue weighted by molar-refractivity contribution is 7.21. The number of nitrogens with zero attached hydrogens (tertiary/aromatic N) is 3. The van der Waals surface area contributed by atoms with E-state index in [4.69, 9.17) is 9.97 Å². The van der Waals surface area contributed by atoms with Gasteiger partial charge in [-0.05, 0) is 45.5 Å². The number of hydrogen-bond donors (Lipinski definition) is 0. The summed E-state index contributed by atoms with van der Waals surface area (Å²) in [6.45, 7) is 0. The fraction of sp³-hybridized carbons (Fsp3) is 0.0213. The minimum Gasteiger partial charge on any atom is -0.276 e. The Morgan fingerprint density at radius 2 is 1.06 bits per heavy atom. The average molecular weight is 666 g/mol. The predicted octanol–water partition coefficient (Wildman–Crippen LogP) is 12.0. The monoisotopic (exact) mass is 665 g/mol. The highest BCUT2D eigenvalue weighted by Gasteiger charge is 2.53. The summed E-state index contributed by atoms with van der Waals surface area (Å²) in [7, 11) is 0. The van der Waals surface area contributed by atoms with Crippen LogP contribution in [0.1, 0.15) is 21.6 Å². The SMILES string of the molecule is c1ccc(-c2nc(-n3c4ccccc4c4ccc5c6c(sc5c43)C3(c4ccccc4-c4ccccc43)c3ccccc3-6)nc3ccccc23)cc1. The van der Waals surface area contributed by atoms with E-state index in [1.807, 2.05) is 11.3 Å². The van der Waals surface area contributed by atoms with Crippen molar-refractivity contribution in [2.45, 2.75) is 5.41 Å². The van der Waals surface area contributed by atoms with Crippen LogP contribution in [0.5, 0.6) is 0 Å². The van der Waals surface area contributed by atoms with Crippen molar-refractivity contribution in [3.63, 3.8) is 0 Å². The van der Waals surface area contributed by atoms with Crippen LogP contribution in [0.2, 0.25) is 0 Å². The average Bonchev–Trinajstić information content (AvgIpc) is 3.91. The van der Waals surface area contributed by atoms with Crippen LogP contribution in [0.15, 0.2) is 164 Å². The summed E-state index contributed by atoms with van der Waals surface area (Å²) >= 11 is 1.95. The van der Waals surface area contributed by atoms with Crippen LogP contribution in [0.4, 0.5) is 0 Å². The molecule has 2 aliphatic carbocycles. The van der Waals surface area contributed by atoms with Crippen LogP contribution in [-0.4, -0.2) is 14.5 Å². The maximum absolute atomic E-state index is 5.41. The second-order valence-corrected chi connectivity index (χ2v) is 14.7. The number of thiophene rings is 1. The van der Waals surface area contributed by atoms with Gasteiger partial charge in [0, 0.05) is 37.5 Å². The van der Waals surface area contributed by atoms with Crippen LogP contribution in [0.25, 0.3) is 82.3 Å². The van der Waals surface area contributed by atoms with E-state index >= 15 is 0 Å². The van der Waals surface area contributed by atoms with Crippen molar-refractivity contribution in [3.05, 3.63) is 185 Å². The van der Waals surface area contributed by atoms with Gasteiger partial charge >= 0.3 is 0 Å². The lowest BCUT2D eigenvalue weighted by molar-refractivity contribution is 0.811. The third-order valence-corrected chi connectivity index (χ3v) is 12.6. The van der Waals surface area contributed by atoms with E-state index in [-0.39, 0.29) is 5.41 Å². The summed E-state index contributed by atoms with van der Waals surface area (Å²) in [4.78, 5) is 12.1. The standard InChI is InChI=1S/C47H27N3S/c1-2-14-28(15-3-1)42-34-20-7-12-24-39(34)48-46(49-42)50-40-25-13-8-18-31(40)32-26-27-35-41-33-19-6-11-23-38(33)47(45(41)51-44(35)43(32)50)36-21-9-4-16-29(36)30-17-5-10-22-37(30)47/h1-27H. The lowest BCUT2D eigenvalue weighted by atomic mass is 9.74. The number of benzene rings is 7. The zero-order valence-corrected chi connectivity index (χ0v) is 28.2. The van der Waals surface area contributed by atoms with E-state index in [2.05, 4.69) is 168 Å². The van der Waals surface area contributed by atoms with Crippen molar-refractivity contribution in [1.82, 2.24) is 14.5 Å². The van der Waals surface area contributed by atoms with Gasteiger partial charge in [-0.1, -0.05) is 152 Å². The molecule has 4 heteroatoms. The molecule has 0 saturated heterocycles. The Balaban J connectivity index is 1.24. The smallest absolute Gasteiger partial charge is 0.235 e. The Labute approximate surface area is 297 Å². The Morgan fingerprint density at radius 3 is 1.82 bits per heavy atom. The lowest BCUT2D eigenvalue weighted by Gasteiger charge is -2.29. The topological polar surface area (TPSA) is 30.7 Å². The molecule has 3 nitrogen and oxygen atoms in total. The van der Waals surface area contributed by atoms with Crippen LogP contribution in [0.3, 0.4) is 0 Å². The zero-order chi connectivity index (χ0) is 33.3. The Kier molecular flexibility index (Phi) is 5.32. The highest BCUT2D eigenvalue weighted by Crippen LogP contribution is 2.66. The number of hydrogen-bond acceptors (Lipinski definition) is 3. The van der Waals surface area contributed by atoms with Gasteiger partial charge in [0.05, 0.1) is 32.4 Å². The normalized spacial score (nSPS) is 13.6. The molecule has 0 fully saturated rings. The van der Waals surface area contributed by atoms with Gasteiger partial charge in [-0.3, -0.25) is 4.57 Å². The van der Waals surface area contributed by atoms with Gasteiger partial charge in [-0.15, -0.1) is 11.3 Å². The van der Waals surface area contributed by atoms with E-state index in [1.165, 1.54) is 64.7 Å². The van der Waals surface area contributed by atoms with E-state index < -0.39 is 0 Å². The quantitative estimate of drug-likeness (QED) is 0.184. The van der Waals surface area contributed by atoms with Gasteiger partial charge in [-0.25, -0.2) is 9.97 Å². The summed E-state index contributed by atoms with van der Waals surface area (Å²) < 4.78 is 3.59. The number of fused-ring (bicyclic) bond motifs is 17. The molecule has 0 atom stereocenters. The zero-order valence-electron chi connectivity index (χ0n) is 27.3. The summed E-state index contributed by atoms with van der Waals surface area (Å²) in [5.41, 5.74) is 14.3. The van der Waals surface area contributed by atoms with E-state index in [1.54, 1.807) is 0 Å². The van der Waals surface area contributed by atoms with Crippen LogP contribution >= 0.6 is 11.3 Å². The fourth-order valence-corrected chi connectivity index (χ4v) is 10.8. The molecule has 7 aromatic carbocycles. The van der Waals surface area contributed by atoms with Gasteiger partial charge in [-0.2, -0.15) is 0 Å². The first kappa shape index (κ1) is 27.5. The molecule has 0 radical (unpaired) electrons. The Bertz CT molecular complexity index is 3050. The van der Waals surface area contributed by atoms with E-state index in [0.717, 1.165) is 33.2 Å². The minimum atomic E-state index is -0.383. The molecule has 0 N–H and O–H groups in total. The molecular weight excluding hydrogens is 639 g/mol. The third kappa shape index (κ3) is 3.38. The first-order valence-corrected chi connectivity index (χ1v) is 18.2. The van der Waals surface area contributed by atoms with Crippen molar-refractivity contribution >= 4 is 54.1 Å². The molecule has 10 aromatic rings. The molecule has 1 spiro atoms. The Morgan fingerprint density at radius 1 is 0.471 bits per heavy atom. The molecule has 236 valence electrons. The predicted molar refractivity (Wildman–Crippen MR) is 211 cm³/mol. The molecule has 0 amide bonds. The van der Waals surface area contributed by atoms with E-state index in [0.29, 0.717) is 5.95 Å². The molecule has 0 unspecified atom stereocenters. The Hall–Kier alpha value is -6.36. The van der Waals surface area contributed by atoms with Gasteiger partial charge in [0.15, 0.2) is 0 Å². The van der Waals surface area contributed by atoms with Gasteiger partial charge < -0.3 is 0 Å². The third-order valence-electron chi connectivity index (χ3n) is 11.2. The molecule has 0 saturated carbocycles. The summed E-state index contributed by atoms with van der Waals surface area (Å²) in [5.74, 6) is 0.687. The summed E-state index contributed by atoms with van der Waals surface area (Å²) in [6, 6.07) is 59.4. The molecule has 2 aliphatic rings. The first-order valence-electron chi connectivity index (χ1n) is 17.4. The van der Waals surface area contributed by atoms with Gasteiger partial charge in [0.2, 0.25) is 5.95 Å². The largest absolute Gasteiger partial charge is 0.276 e. The maximum Gasteiger partial charge on any atom is 0.235 e. The summed E-state index contributed by atoms with van der Waals surface area (Å²) in [5, 5.41) is 4.74. The van der Waals surface area contributed by atoms with Crippen LogP contribution < -0.4 is 0 Å². The maximum atomic E-state index is 5.41.